The molecule has 4 nitrogen and oxygen atoms in total. The van der Waals surface area contributed by atoms with E-state index in [9.17, 15) is 9.18 Å². The van der Waals surface area contributed by atoms with Crippen molar-refractivity contribution in [1.82, 2.24) is 10.6 Å². The quantitative estimate of drug-likeness (QED) is 0.882. The van der Waals surface area contributed by atoms with E-state index in [-0.39, 0.29) is 34.7 Å². The molecule has 1 heterocycles. The van der Waals surface area contributed by atoms with Gasteiger partial charge in [0.05, 0.1) is 5.02 Å². The molecule has 0 unspecified atom stereocenters. The summed E-state index contributed by atoms with van der Waals surface area (Å²) in [6.45, 7) is 8.36. The number of rotatable bonds is 4. The molecule has 1 amide bonds. The van der Waals surface area contributed by atoms with Crippen molar-refractivity contribution in [3.63, 3.8) is 0 Å². The Balaban J connectivity index is 1.89. The van der Waals surface area contributed by atoms with Crippen LogP contribution in [0.25, 0.3) is 0 Å². The number of ether oxygens (including phenoxy) is 1. The van der Waals surface area contributed by atoms with Gasteiger partial charge in [0.2, 0.25) is 0 Å². The van der Waals surface area contributed by atoms with Gasteiger partial charge in [-0.15, -0.1) is 0 Å². The van der Waals surface area contributed by atoms with Crippen LogP contribution in [0.3, 0.4) is 0 Å². The Morgan fingerprint density at radius 3 is 2.52 bits per heavy atom. The van der Waals surface area contributed by atoms with Gasteiger partial charge in [-0.1, -0.05) is 11.6 Å². The van der Waals surface area contributed by atoms with Crippen molar-refractivity contribution in [1.29, 1.82) is 0 Å². The van der Waals surface area contributed by atoms with Crippen LogP contribution >= 0.6 is 11.6 Å². The monoisotopic (exact) mass is 342 g/mol. The van der Waals surface area contributed by atoms with E-state index in [0.29, 0.717) is 5.75 Å². The number of amides is 1. The Labute approximate surface area is 141 Å². The van der Waals surface area contributed by atoms with E-state index in [1.165, 1.54) is 12.1 Å². The van der Waals surface area contributed by atoms with E-state index in [4.69, 9.17) is 16.3 Å². The lowest BCUT2D eigenvalue weighted by molar-refractivity contribution is -0.124. The van der Waals surface area contributed by atoms with Gasteiger partial charge in [-0.2, -0.15) is 0 Å². The van der Waals surface area contributed by atoms with Crippen LogP contribution in [-0.2, 0) is 4.79 Å². The first-order valence-corrected chi connectivity index (χ1v) is 8.11. The minimum atomic E-state index is -0.439. The highest BCUT2D eigenvalue weighted by atomic mass is 35.5. The molecule has 1 aliphatic rings. The van der Waals surface area contributed by atoms with Crippen LogP contribution in [0.2, 0.25) is 5.02 Å². The van der Waals surface area contributed by atoms with Gasteiger partial charge >= 0.3 is 0 Å². The second-order valence-electron chi connectivity index (χ2n) is 7.43. The van der Waals surface area contributed by atoms with Gasteiger partial charge in [-0.3, -0.25) is 4.79 Å². The number of carbonyl (C=O) groups is 1. The van der Waals surface area contributed by atoms with Crippen LogP contribution in [0.15, 0.2) is 18.2 Å². The molecule has 1 saturated heterocycles. The van der Waals surface area contributed by atoms with Crippen LogP contribution in [0.1, 0.15) is 40.5 Å². The van der Waals surface area contributed by atoms with E-state index in [1.807, 2.05) is 0 Å². The first-order chi connectivity index (χ1) is 10.6. The van der Waals surface area contributed by atoms with Crippen molar-refractivity contribution in [3.05, 3.63) is 29.0 Å². The number of nitrogens with one attached hydrogen (secondary N) is 2. The van der Waals surface area contributed by atoms with Gasteiger partial charge in [0, 0.05) is 17.1 Å². The average Bonchev–Trinajstić information content (AvgIpc) is 2.33. The summed E-state index contributed by atoms with van der Waals surface area (Å²) in [5, 5.41) is 6.73. The highest BCUT2D eigenvalue weighted by Crippen LogP contribution is 2.28. The molecule has 0 atom stereocenters. The van der Waals surface area contributed by atoms with Crippen LogP contribution in [-0.4, -0.2) is 29.6 Å². The van der Waals surface area contributed by atoms with Crippen LogP contribution in [0.5, 0.6) is 5.75 Å². The highest BCUT2D eigenvalue weighted by Gasteiger charge is 2.38. The van der Waals surface area contributed by atoms with Gasteiger partial charge in [-0.05, 0) is 58.7 Å². The molecule has 1 aromatic carbocycles. The van der Waals surface area contributed by atoms with E-state index in [1.54, 1.807) is 0 Å². The van der Waals surface area contributed by atoms with Crippen molar-refractivity contribution < 1.29 is 13.9 Å². The molecule has 2 rings (SSSR count). The van der Waals surface area contributed by atoms with Crippen LogP contribution < -0.4 is 15.4 Å². The molecule has 0 radical (unpaired) electrons. The molecule has 0 spiro atoms. The van der Waals surface area contributed by atoms with E-state index in [2.05, 4.69) is 38.3 Å². The first-order valence-electron chi connectivity index (χ1n) is 7.73. The Kier molecular flexibility index (Phi) is 5.21. The van der Waals surface area contributed by atoms with Crippen molar-refractivity contribution in [2.24, 2.45) is 0 Å². The van der Waals surface area contributed by atoms with E-state index >= 15 is 0 Å². The van der Waals surface area contributed by atoms with Crippen molar-refractivity contribution in [3.8, 4) is 5.75 Å². The van der Waals surface area contributed by atoms with E-state index < -0.39 is 5.82 Å². The summed E-state index contributed by atoms with van der Waals surface area (Å²) in [7, 11) is 0. The number of benzene rings is 1. The summed E-state index contributed by atoms with van der Waals surface area (Å²) in [5.41, 5.74) is -0.0817. The molecule has 128 valence electrons. The standard InChI is InChI=1S/C17H24ClFN2O2/c1-16(2)8-12(9-17(3,4)21-16)20-15(22)10-23-14-6-5-11(19)7-13(14)18/h5-7,12,21H,8-10H2,1-4H3,(H,20,22). The molecule has 6 heteroatoms. The number of piperidine rings is 1. The molecular formula is C17H24ClFN2O2. The minimum Gasteiger partial charge on any atom is -0.482 e. The largest absolute Gasteiger partial charge is 0.482 e. The van der Waals surface area contributed by atoms with Crippen molar-refractivity contribution >= 4 is 17.5 Å². The molecule has 23 heavy (non-hydrogen) atoms. The Morgan fingerprint density at radius 1 is 1.35 bits per heavy atom. The Hall–Kier alpha value is -1.33. The lowest BCUT2D eigenvalue weighted by Gasteiger charge is -2.46. The molecule has 1 aliphatic heterocycles. The first kappa shape index (κ1) is 18.0. The molecule has 2 N–H and O–H groups in total. The third kappa shape index (κ3) is 5.36. The second kappa shape index (κ2) is 6.65. The number of hydrogen-bond acceptors (Lipinski definition) is 3. The Bertz CT molecular complexity index is 574. The molecule has 0 bridgehead atoms. The third-order valence-corrected chi connectivity index (χ3v) is 4.10. The predicted molar refractivity (Wildman–Crippen MR) is 89.4 cm³/mol. The topological polar surface area (TPSA) is 50.4 Å². The fourth-order valence-corrected chi connectivity index (χ4v) is 3.65. The normalized spacial score (nSPS) is 20.1. The van der Waals surface area contributed by atoms with Gasteiger partial charge in [0.25, 0.3) is 5.91 Å². The van der Waals surface area contributed by atoms with Crippen molar-refractivity contribution in [2.45, 2.75) is 57.7 Å². The van der Waals surface area contributed by atoms with E-state index in [0.717, 1.165) is 18.9 Å². The molecular weight excluding hydrogens is 319 g/mol. The summed E-state index contributed by atoms with van der Waals surface area (Å²) < 4.78 is 18.3. The predicted octanol–water partition coefficient (Wildman–Crippen LogP) is 3.28. The SMILES string of the molecule is CC1(C)CC(NC(=O)COc2ccc(F)cc2Cl)CC(C)(C)N1. The zero-order valence-corrected chi connectivity index (χ0v) is 14.8. The minimum absolute atomic E-state index is 0.0409. The summed E-state index contributed by atoms with van der Waals surface area (Å²) >= 11 is 5.87. The molecule has 0 saturated carbocycles. The summed E-state index contributed by atoms with van der Waals surface area (Å²) in [4.78, 5) is 12.1. The fourth-order valence-electron chi connectivity index (χ4n) is 3.43. The number of halogens is 2. The maximum atomic E-state index is 13.0. The zero-order chi connectivity index (χ0) is 17.3. The second-order valence-corrected chi connectivity index (χ2v) is 7.84. The average molecular weight is 343 g/mol. The smallest absolute Gasteiger partial charge is 0.258 e. The summed E-state index contributed by atoms with van der Waals surface area (Å²) in [6, 6.07) is 3.91. The molecule has 1 fully saturated rings. The maximum Gasteiger partial charge on any atom is 0.258 e. The number of carbonyl (C=O) groups excluding carboxylic acids is 1. The fraction of sp³-hybridized carbons (Fsp3) is 0.588. The van der Waals surface area contributed by atoms with Gasteiger partial charge in [-0.25, -0.2) is 4.39 Å². The summed E-state index contributed by atoms with van der Waals surface area (Å²) in [5.74, 6) is -0.343. The van der Waals surface area contributed by atoms with Gasteiger partial charge < -0.3 is 15.4 Å². The molecule has 1 aromatic rings. The zero-order valence-electron chi connectivity index (χ0n) is 14.0. The van der Waals surface area contributed by atoms with Crippen LogP contribution in [0.4, 0.5) is 4.39 Å². The summed E-state index contributed by atoms with van der Waals surface area (Å²) in [6.07, 6.45) is 1.69. The van der Waals surface area contributed by atoms with Crippen LogP contribution in [0, 0.1) is 5.82 Å². The Morgan fingerprint density at radius 2 is 1.96 bits per heavy atom. The third-order valence-electron chi connectivity index (χ3n) is 3.81. The van der Waals surface area contributed by atoms with Gasteiger partial charge in [0.15, 0.2) is 6.61 Å². The lowest BCUT2D eigenvalue weighted by atomic mass is 9.79. The lowest BCUT2D eigenvalue weighted by Crippen LogP contribution is -2.62. The van der Waals surface area contributed by atoms with Gasteiger partial charge in [0.1, 0.15) is 11.6 Å². The van der Waals surface area contributed by atoms with Crippen molar-refractivity contribution in [2.75, 3.05) is 6.61 Å². The maximum absolute atomic E-state index is 13.0. The molecule has 0 aliphatic carbocycles. The highest BCUT2D eigenvalue weighted by molar-refractivity contribution is 6.32. The number of hydrogen-bond donors (Lipinski definition) is 2. The molecule has 0 aromatic heterocycles.